The van der Waals surface area contributed by atoms with E-state index >= 15 is 0 Å². The van der Waals surface area contributed by atoms with Gasteiger partial charge in [-0.3, -0.25) is 4.79 Å². The standard InChI is InChI=1S/C28H23F3N2O2.C3H6O2/c1-16-32-27(33-35-16)20-6-4-19(5-7-20)26-23-13-15-25(22(23)12-14-24(26)28(29,30)31)34-21-10-8-18(9-11-21)17-2-3-17;1-2-5-3-4/h4-12,14,17,25H,2-3,13,15H2,1H3;3H,2H2,1H3. The molecule has 0 radical (unpaired) electrons. The van der Waals surface area contributed by atoms with E-state index in [4.69, 9.17) is 9.26 Å². The fourth-order valence-corrected chi connectivity index (χ4v) is 5.02. The molecule has 1 atom stereocenters. The maximum atomic E-state index is 14.0. The fourth-order valence-electron chi connectivity index (χ4n) is 5.02. The molecule has 1 saturated carbocycles. The van der Waals surface area contributed by atoms with Gasteiger partial charge in [0.2, 0.25) is 11.7 Å². The summed E-state index contributed by atoms with van der Waals surface area (Å²) in [7, 11) is 0. The monoisotopic (exact) mass is 550 g/mol. The van der Waals surface area contributed by atoms with Crippen molar-refractivity contribution in [3.05, 3.63) is 88.8 Å². The lowest BCUT2D eigenvalue weighted by molar-refractivity contribution is -0.137. The normalized spacial score (nSPS) is 16.1. The molecule has 1 unspecified atom stereocenters. The smallest absolute Gasteiger partial charge is 0.417 e. The van der Waals surface area contributed by atoms with Crippen molar-refractivity contribution in [2.24, 2.45) is 0 Å². The first-order valence-electron chi connectivity index (χ1n) is 13.2. The number of alkyl halides is 3. The van der Waals surface area contributed by atoms with Crippen LogP contribution in [-0.2, 0) is 22.1 Å². The van der Waals surface area contributed by atoms with Crippen molar-refractivity contribution < 1.29 is 32.0 Å². The van der Waals surface area contributed by atoms with E-state index in [0.717, 1.165) is 11.3 Å². The molecule has 3 aromatic carbocycles. The summed E-state index contributed by atoms with van der Waals surface area (Å²) in [5.74, 6) is 2.24. The highest BCUT2D eigenvalue weighted by Gasteiger charge is 2.38. The molecular weight excluding hydrogens is 521 g/mol. The number of carbonyl (C=O) groups excluding carboxylic acids is 1. The van der Waals surface area contributed by atoms with Crippen LogP contribution in [0.15, 0.2) is 65.2 Å². The second-order valence-corrected chi connectivity index (χ2v) is 9.81. The van der Waals surface area contributed by atoms with Crippen molar-refractivity contribution in [3.8, 4) is 28.3 Å². The van der Waals surface area contributed by atoms with E-state index in [9.17, 15) is 18.0 Å². The Bertz CT molecular complexity index is 1460. The minimum atomic E-state index is -4.47. The van der Waals surface area contributed by atoms with Crippen molar-refractivity contribution in [2.75, 3.05) is 6.61 Å². The SMILES string of the molecule is CCOC=O.Cc1nc(-c2ccc(-c3c(C(F)(F)F)ccc4c3CCC4Oc3ccc(C4CC4)cc3)cc2)no1. The van der Waals surface area contributed by atoms with Gasteiger partial charge in [-0.25, -0.2) is 0 Å². The predicted molar refractivity (Wildman–Crippen MR) is 143 cm³/mol. The Morgan fingerprint density at radius 1 is 0.975 bits per heavy atom. The quantitative estimate of drug-likeness (QED) is 0.218. The third-order valence-corrected chi connectivity index (χ3v) is 7.06. The third-order valence-electron chi connectivity index (χ3n) is 7.06. The number of hydrogen-bond acceptors (Lipinski definition) is 6. The van der Waals surface area contributed by atoms with Gasteiger partial charge < -0.3 is 14.0 Å². The minimum Gasteiger partial charge on any atom is -0.486 e. The van der Waals surface area contributed by atoms with Gasteiger partial charge in [-0.15, -0.1) is 0 Å². The van der Waals surface area contributed by atoms with Crippen LogP contribution >= 0.6 is 0 Å². The summed E-state index contributed by atoms with van der Waals surface area (Å²) >= 11 is 0. The number of halogens is 3. The molecule has 6 rings (SSSR count). The maximum Gasteiger partial charge on any atom is 0.417 e. The van der Waals surface area contributed by atoms with E-state index in [1.165, 1.54) is 24.5 Å². The van der Waals surface area contributed by atoms with E-state index in [1.807, 2.05) is 12.1 Å². The van der Waals surface area contributed by atoms with Gasteiger partial charge in [-0.1, -0.05) is 47.6 Å². The Balaban J connectivity index is 0.000000595. The molecule has 2 aliphatic carbocycles. The van der Waals surface area contributed by atoms with Gasteiger partial charge in [0.15, 0.2) is 0 Å². The lowest BCUT2D eigenvalue weighted by atomic mass is 9.91. The van der Waals surface area contributed by atoms with Gasteiger partial charge in [0.1, 0.15) is 11.9 Å². The highest BCUT2D eigenvalue weighted by atomic mass is 19.4. The second-order valence-electron chi connectivity index (χ2n) is 9.81. The Morgan fingerprint density at radius 3 is 2.23 bits per heavy atom. The highest BCUT2D eigenvalue weighted by molar-refractivity contribution is 5.76. The molecule has 0 saturated heterocycles. The van der Waals surface area contributed by atoms with E-state index in [2.05, 4.69) is 27.0 Å². The number of ether oxygens (including phenoxy) is 2. The number of benzene rings is 3. The zero-order chi connectivity index (χ0) is 28.3. The summed E-state index contributed by atoms with van der Waals surface area (Å²) in [6.07, 6.45) is -1.13. The highest BCUT2D eigenvalue weighted by Crippen LogP contribution is 2.46. The predicted octanol–water partition coefficient (Wildman–Crippen LogP) is 7.85. The van der Waals surface area contributed by atoms with Crippen LogP contribution in [-0.4, -0.2) is 23.2 Å². The summed E-state index contributed by atoms with van der Waals surface area (Å²) in [5.41, 5.74) is 3.62. The number of aryl methyl sites for hydroxylation is 1. The topological polar surface area (TPSA) is 74.5 Å². The van der Waals surface area contributed by atoms with Gasteiger partial charge in [0.05, 0.1) is 12.2 Å². The summed E-state index contributed by atoms with van der Waals surface area (Å²) in [5, 5.41) is 3.89. The molecule has 9 heteroatoms. The third kappa shape index (κ3) is 6.03. The molecule has 0 amide bonds. The molecule has 0 aliphatic heterocycles. The summed E-state index contributed by atoms with van der Waals surface area (Å²) in [6.45, 7) is 4.35. The summed E-state index contributed by atoms with van der Waals surface area (Å²) < 4.78 is 57.5. The lowest BCUT2D eigenvalue weighted by Crippen LogP contribution is -2.10. The van der Waals surface area contributed by atoms with Crippen molar-refractivity contribution >= 4 is 6.47 Å². The summed E-state index contributed by atoms with van der Waals surface area (Å²) in [6, 6.07) is 17.7. The molecule has 0 N–H and O–H groups in total. The molecule has 40 heavy (non-hydrogen) atoms. The van der Waals surface area contributed by atoms with E-state index in [0.29, 0.717) is 60.2 Å². The molecule has 4 aromatic rings. The van der Waals surface area contributed by atoms with E-state index in [-0.39, 0.29) is 11.7 Å². The van der Waals surface area contributed by atoms with Crippen LogP contribution in [0, 0.1) is 6.92 Å². The van der Waals surface area contributed by atoms with Crippen molar-refractivity contribution in [3.63, 3.8) is 0 Å². The van der Waals surface area contributed by atoms with E-state index in [1.54, 1.807) is 44.2 Å². The molecule has 0 spiro atoms. The summed E-state index contributed by atoms with van der Waals surface area (Å²) in [4.78, 5) is 13.4. The van der Waals surface area contributed by atoms with Crippen LogP contribution in [0.5, 0.6) is 5.75 Å². The number of fused-ring (bicyclic) bond motifs is 1. The molecule has 208 valence electrons. The Kier molecular flexibility index (Phi) is 7.91. The van der Waals surface area contributed by atoms with Crippen molar-refractivity contribution in [2.45, 2.75) is 57.7 Å². The van der Waals surface area contributed by atoms with Gasteiger partial charge >= 0.3 is 6.18 Å². The average molecular weight is 551 g/mol. The van der Waals surface area contributed by atoms with Crippen LogP contribution in [0.2, 0.25) is 0 Å². The van der Waals surface area contributed by atoms with Gasteiger partial charge in [-0.2, -0.15) is 18.2 Å². The van der Waals surface area contributed by atoms with Gasteiger partial charge in [-0.05, 0) is 84.5 Å². The van der Waals surface area contributed by atoms with Gasteiger partial charge in [0.25, 0.3) is 6.47 Å². The first kappa shape index (κ1) is 27.4. The Hall–Kier alpha value is -4.14. The van der Waals surface area contributed by atoms with Crippen LogP contribution in [0.25, 0.3) is 22.5 Å². The van der Waals surface area contributed by atoms with Crippen LogP contribution < -0.4 is 4.74 Å². The number of rotatable bonds is 7. The number of hydrogen-bond donors (Lipinski definition) is 0. The van der Waals surface area contributed by atoms with Crippen molar-refractivity contribution in [1.82, 2.24) is 10.1 Å². The van der Waals surface area contributed by atoms with Gasteiger partial charge in [0, 0.05) is 12.5 Å². The zero-order valence-corrected chi connectivity index (χ0v) is 22.2. The lowest BCUT2D eigenvalue weighted by Gasteiger charge is -2.20. The van der Waals surface area contributed by atoms with Crippen LogP contribution in [0.3, 0.4) is 0 Å². The first-order valence-corrected chi connectivity index (χ1v) is 13.2. The molecule has 1 heterocycles. The fraction of sp³-hybridized carbons (Fsp3) is 0.323. The molecule has 1 fully saturated rings. The van der Waals surface area contributed by atoms with Crippen LogP contribution in [0.1, 0.15) is 66.4 Å². The average Bonchev–Trinajstić information content (AvgIpc) is 3.58. The van der Waals surface area contributed by atoms with Crippen molar-refractivity contribution in [1.29, 1.82) is 0 Å². The number of carbonyl (C=O) groups is 1. The first-order chi connectivity index (χ1) is 19.3. The number of aromatic nitrogens is 2. The second kappa shape index (κ2) is 11.5. The molecule has 2 aliphatic rings. The van der Waals surface area contributed by atoms with Crippen LogP contribution in [0.4, 0.5) is 13.2 Å². The molecule has 1 aromatic heterocycles. The van der Waals surface area contributed by atoms with E-state index < -0.39 is 11.7 Å². The zero-order valence-electron chi connectivity index (χ0n) is 22.2. The maximum absolute atomic E-state index is 14.0. The Morgan fingerprint density at radius 2 is 1.68 bits per heavy atom. The number of nitrogens with zero attached hydrogens (tertiary/aromatic N) is 2. The minimum absolute atomic E-state index is 0.223. The Labute approximate surface area is 230 Å². The molecule has 6 nitrogen and oxygen atoms in total. The molecular formula is C31H29F3N2O4. The largest absolute Gasteiger partial charge is 0.486 e. The molecule has 0 bridgehead atoms.